The van der Waals surface area contributed by atoms with Crippen LogP contribution >= 0.6 is 11.6 Å². The van der Waals surface area contributed by atoms with Crippen LogP contribution in [0.5, 0.6) is 0 Å². The van der Waals surface area contributed by atoms with Crippen LogP contribution in [-0.4, -0.2) is 5.91 Å². The van der Waals surface area contributed by atoms with Gasteiger partial charge < -0.3 is 5.73 Å². The first-order valence-corrected chi connectivity index (χ1v) is 6.19. The Morgan fingerprint density at radius 1 is 1.26 bits per heavy atom. The highest BCUT2D eigenvalue weighted by molar-refractivity contribution is 6.31. The number of carbonyl (C=O) groups excluding carboxylic acids is 1. The number of benzene rings is 2. The Bertz CT molecular complexity index is 640. The van der Waals surface area contributed by atoms with Gasteiger partial charge in [0.05, 0.1) is 6.42 Å². The van der Waals surface area contributed by atoms with Crippen LogP contribution in [0.3, 0.4) is 0 Å². The first kappa shape index (κ1) is 13.6. The molecule has 2 nitrogen and oxygen atoms in total. The van der Waals surface area contributed by atoms with Gasteiger partial charge in [-0.05, 0) is 35.7 Å². The van der Waals surface area contributed by atoms with Gasteiger partial charge in [0.15, 0.2) is 0 Å². The number of carbonyl (C=O) groups is 1. The van der Waals surface area contributed by atoms with Crippen molar-refractivity contribution in [2.45, 2.75) is 13.3 Å². The SMILES string of the molecule is Cc1cc(Cl)cc(-c2ccccc2CC(N)=O)c1F. The van der Waals surface area contributed by atoms with E-state index < -0.39 is 5.91 Å². The monoisotopic (exact) mass is 277 g/mol. The van der Waals surface area contributed by atoms with Gasteiger partial charge in [-0.1, -0.05) is 35.9 Å². The molecule has 2 aromatic carbocycles. The third kappa shape index (κ3) is 2.93. The summed E-state index contributed by atoms with van der Waals surface area (Å²) in [5.74, 6) is -0.784. The molecule has 0 saturated heterocycles. The van der Waals surface area contributed by atoms with Gasteiger partial charge in [-0.3, -0.25) is 4.79 Å². The lowest BCUT2D eigenvalue weighted by atomic mass is 9.96. The topological polar surface area (TPSA) is 43.1 Å². The smallest absolute Gasteiger partial charge is 0.221 e. The first-order valence-electron chi connectivity index (χ1n) is 5.81. The minimum atomic E-state index is -0.452. The molecule has 0 radical (unpaired) electrons. The lowest BCUT2D eigenvalue weighted by Gasteiger charge is -2.11. The Hall–Kier alpha value is -1.87. The summed E-state index contributed by atoms with van der Waals surface area (Å²) in [6, 6.07) is 10.2. The number of hydrogen-bond donors (Lipinski definition) is 1. The molecule has 98 valence electrons. The second-order valence-electron chi connectivity index (χ2n) is 4.38. The van der Waals surface area contributed by atoms with Crippen molar-refractivity contribution in [3.05, 3.63) is 58.4 Å². The molecule has 0 unspecified atom stereocenters. The Labute approximate surface area is 116 Å². The van der Waals surface area contributed by atoms with E-state index in [-0.39, 0.29) is 12.2 Å². The Morgan fingerprint density at radius 2 is 1.95 bits per heavy atom. The van der Waals surface area contributed by atoms with Crippen molar-refractivity contribution in [3.63, 3.8) is 0 Å². The summed E-state index contributed by atoms with van der Waals surface area (Å²) in [6.07, 6.45) is 0.0706. The van der Waals surface area contributed by atoms with Crippen molar-refractivity contribution in [2.75, 3.05) is 0 Å². The van der Waals surface area contributed by atoms with Gasteiger partial charge >= 0.3 is 0 Å². The zero-order valence-electron chi connectivity index (χ0n) is 10.4. The Morgan fingerprint density at radius 3 is 2.63 bits per heavy atom. The summed E-state index contributed by atoms with van der Waals surface area (Å²) in [6.45, 7) is 1.65. The van der Waals surface area contributed by atoms with Gasteiger partial charge in [0.2, 0.25) is 5.91 Å². The van der Waals surface area contributed by atoms with Crippen LogP contribution in [0.15, 0.2) is 36.4 Å². The van der Waals surface area contributed by atoms with Gasteiger partial charge in [-0.25, -0.2) is 4.39 Å². The Balaban J connectivity index is 2.62. The van der Waals surface area contributed by atoms with Crippen LogP contribution in [0.1, 0.15) is 11.1 Å². The number of nitrogens with two attached hydrogens (primary N) is 1. The minimum absolute atomic E-state index is 0.0706. The van der Waals surface area contributed by atoms with E-state index in [1.54, 1.807) is 43.3 Å². The predicted octanol–water partition coefficient (Wildman–Crippen LogP) is 3.48. The fraction of sp³-hybridized carbons (Fsp3) is 0.133. The number of primary amides is 1. The zero-order chi connectivity index (χ0) is 14.0. The maximum Gasteiger partial charge on any atom is 0.221 e. The summed E-state index contributed by atoms with van der Waals surface area (Å²) in [4.78, 5) is 11.1. The quantitative estimate of drug-likeness (QED) is 0.917. The van der Waals surface area contributed by atoms with Crippen LogP contribution in [0.2, 0.25) is 5.02 Å². The number of aryl methyl sites for hydroxylation is 1. The van der Waals surface area contributed by atoms with Crippen LogP contribution in [0.25, 0.3) is 11.1 Å². The third-order valence-electron chi connectivity index (χ3n) is 2.89. The van der Waals surface area contributed by atoms with Crippen molar-refractivity contribution < 1.29 is 9.18 Å². The lowest BCUT2D eigenvalue weighted by Crippen LogP contribution is -2.14. The van der Waals surface area contributed by atoms with Gasteiger partial charge in [-0.15, -0.1) is 0 Å². The molecule has 0 bridgehead atoms. The van der Waals surface area contributed by atoms with Gasteiger partial charge in [0, 0.05) is 10.6 Å². The highest BCUT2D eigenvalue weighted by Crippen LogP contribution is 2.31. The molecule has 4 heteroatoms. The van der Waals surface area contributed by atoms with Crippen molar-refractivity contribution >= 4 is 17.5 Å². The molecule has 0 fully saturated rings. The number of hydrogen-bond acceptors (Lipinski definition) is 1. The van der Waals surface area contributed by atoms with Crippen molar-refractivity contribution in [2.24, 2.45) is 5.73 Å². The molecule has 0 aliphatic heterocycles. The Kier molecular flexibility index (Phi) is 3.86. The van der Waals surface area contributed by atoms with E-state index in [4.69, 9.17) is 17.3 Å². The molecule has 2 aromatic rings. The van der Waals surface area contributed by atoms with E-state index in [9.17, 15) is 9.18 Å². The summed E-state index contributed by atoms with van der Waals surface area (Å²) in [5, 5.41) is 0.461. The number of halogens is 2. The third-order valence-corrected chi connectivity index (χ3v) is 3.11. The van der Waals surface area contributed by atoms with Crippen LogP contribution in [0, 0.1) is 12.7 Å². The maximum absolute atomic E-state index is 14.2. The second-order valence-corrected chi connectivity index (χ2v) is 4.82. The van der Waals surface area contributed by atoms with E-state index >= 15 is 0 Å². The molecule has 0 spiro atoms. The van der Waals surface area contributed by atoms with Gasteiger partial charge in [0.25, 0.3) is 0 Å². The molecule has 0 aliphatic rings. The molecular weight excluding hydrogens is 265 g/mol. The molecule has 2 N–H and O–H groups in total. The van der Waals surface area contributed by atoms with E-state index in [0.29, 0.717) is 27.3 Å². The van der Waals surface area contributed by atoms with E-state index in [0.717, 1.165) is 0 Å². The molecule has 0 saturated carbocycles. The summed E-state index contributed by atoms with van der Waals surface area (Å²) in [7, 11) is 0. The highest BCUT2D eigenvalue weighted by atomic mass is 35.5. The number of rotatable bonds is 3. The van der Waals surface area contributed by atoms with Gasteiger partial charge in [-0.2, -0.15) is 0 Å². The standard InChI is InChI=1S/C15H13ClFNO/c1-9-6-11(16)8-13(15(9)17)12-5-3-2-4-10(12)7-14(18)19/h2-6,8H,7H2,1H3,(H2,18,19). The van der Waals surface area contributed by atoms with E-state index in [1.807, 2.05) is 0 Å². The van der Waals surface area contributed by atoms with Gasteiger partial charge in [0.1, 0.15) is 5.82 Å². The van der Waals surface area contributed by atoms with E-state index in [2.05, 4.69) is 0 Å². The van der Waals surface area contributed by atoms with Crippen LogP contribution < -0.4 is 5.73 Å². The predicted molar refractivity (Wildman–Crippen MR) is 74.5 cm³/mol. The molecule has 1 amide bonds. The maximum atomic E-state index is 14.2. The lowest BCUT2D eigenvalue weighted by molar-refractivity contribution is -0.117. The fourth-order valence-electron chi connectivity index (χ4n) is 2.05. The molecule has 0 aromatic heterocycles. The van der Waals surface area contributed by atoms with E-state index in [1.165, 1.54) is 0 Å². The summed E-state index contributed by atoms with van der Waals surface area (Å²) in [5.41, 5.74) is 7.40. The van der Waals surface area contributed by atoms with Crippen LogP contribution in [-0.2, 0) is 11.2 Å². The first-order chi connectivity index (χ1) is 8.99. The normalized spacial score (nSPS) is 10.5. The molecule has 2 rings (SSSR count). The average molecular weight is 278 g/mol. The molecule has 0 atom stereocenters. The molecular formula is C15H13ClFNO. The summed E-state index contributed by atoms with van der Waals surface area (Å²) < 4.78 is 14.2. The van der Waals surface area contributed by atoms with Crippen molar-refractivity contribution in [1.29, 1.82) is 0 Å². The summed E-state index contributed by atoms with van der Waals surface area (Å²) >= 11 is 5.97. The fourth-order valence-corrected chi connectivity index (χ4v) is 2.32. The van der Waals surface area contributed by atoms with Crippen LogP contribution in [0.4, 0.5) is 4.39 Å². The average Bonchev–Trinajstić information content (AvgIpc) is 2.34. The van der Waals surface area contributed by atoms with Crippen molar-refractivity contribution in [1.82, 2.24) is 0 Å². The van der Waals surface area contributed by atoms with Crippen molar-refractivity contribution in [3.8, 4) is 11.1 Å². The molecule has 19 heavy (non-hydrogen) atoms. The zero-order valence-corrected chi connectivity index (χ0v) is 11.2. The second kappa shape index (κ2) is 5.41. The molecule has 0 aliphatic carbocycles. The largest absolute Gasteiger partial charge is 0.369 e. The molecule has 0 heterocycles. The minimum Gasteiger partial charge on any atom is -0.369 e. The number of amides is 1. The highest BCUT2D eigenvalue weighted by Gasteiger charge is 2.13.